The summed E-state index contributed by atoms with van der Waals surface area (Å²) < 4.78 is 5.87. The number of nitrogens with one attached hydrogen (secondary N) is 1. The van der Waals surface area contributed by atoms with E-state index in [0.717, 1.165) is 48.1 Å². The molecule has 0 bridgehead atoms. The summed E-state index contributed by atoms with van der Waals surface area (Å²) in [5, 5.41) is 14.1. The summed E-state index contributed by atoms with van der Waals surface area (Å²) in [6, 6.07) is 17.6. The van der Waals surface area contributed by atoms with E-state index < -0.39 is 23.5 Å². The van der Waals surface area contributed by atoms with Crippen LogP contribution in [0.4, 0.5) is 0 Å². The van der Waals surface area contributed by atoms with Gasteiger partial charge in [-0.2, -0.15) is 5.26 Å². The van der Waals surface area contributed by atoms with Gasteiger partial charge in [0.1, 0.15) is 5.54 Å². The number of hydrogen-bond donors (Lipinski definition) is 1. The highest BCUT2D eigenvalue weighted by molar-refractivity contribution is 6.30. The van der Waals surface area contributed by atoms with E-state index >= 15 is 0 Å². The molecule has 3 aromatic rings. The third kappa shape index (κ3) is 6.22. The standard InChI is InChI=1S/C35H38ClN3O3/c1-22(32(40)39-35(21-37)16-8-5-9-17-35)42-33(41)30-27-10-6-7-11-29(27)38-31-24(18-23-12-14-26(36)15-13-23)19-25(20-28(30)31)34(2,3)4/h6-7,10-15,18,22,25H,5,8-9,16-17,19-20H2,1-4H3,(H,39,40)/b24-18-/t22-,25+/m0/s1. The number of ether oxygens (including phenoxy) is 1. The minimum Gasteiger partial charge on any atom is -0.449 e. The zero-order valence-corrected chi connectivity index (χ0v) is 25.6. The topological polar surface area (TPSA) is 92.1 Å². The van der Waals surface area contributed by atoms with E-state index in [9.17, 15) is 14.9 Å². The molecule has 0 saturated heterocycles. The summed E-state index contributed by atoms with van der Waals surface area (Å²) in [5.74, 6) is -0.752. The molecule has 2 aliphatic rings. The Bertz CT molecular complexity index is 1570. The van der Waals surface area contributed by atoms with Gasteiger partial charge >= 0.3 is 5.97 Å². The van der Waals surface area contributed by atoms with Crippen LogP contribution in [0.15, 0.2) is 48.5 Å². The maximum absolute atomic E-state index is 14.0. The highest BCUT2D eigenvalue weighted by Gasteiger charge is 2.38. The van der Waals surface area contributed by atoms with E-state index in [2.05, 4.69) is 38.2 Å². The Kier molecular flexibility index (Phi) is 8.44. The first kappa shape index (κ1) is 29.8. The number of carbonyl (C=O) groups excluding carboxylic acids is 2. The smallest absolute Gasteiger partial charge is 0.339 e. The fourth-order valence-electron chi connectivity index (χ4n) is 6.16. The number of halogens is 1. The van der Waals surface area contributed by atoms with Gasteiger partial charge in [0.15, 0.2) is 6.10 Å². The second-order valence-electron chi connectivity index (χ2n) is 12.8. The van der Waals surface area contributed by atoms with Crippen molar-refractivity contribution in [2.45, 2.75) is 84.3 Å². The zero-order chi connectivity index (χ0) is 30.1. The number of fused-ring (bicyclic) bond motifs is 2. The number of allylic oxidation sites excluding steroid dienone is 1. The number of carbonyl (C=O) groups is 2. The number of pyridine rings is 1. The molecule has 1 amide bonds. The molecule has 1 aromatic heterocycles. The number of amides is 1. The Morgan fingerprint density at radius 3 is 2.45 bits per heavy atom. The van der Waals surface area contributed by atoms with E-state index in [1.807, 2.05) is 48.5 Å². The number of nitrogens with zero attached hydrogens (tertiary/aromatic N) is 2. The number of hydrogen-bond acceptors (Lipinski definition) is 5. The molecule has 0 aliphatic heterocycles. The summed E-state index contributed by atoms with van der Waals surface area (Å²) in [7, 11) is 0. The number of rotatable bonds is 5. The molecule has 1 heterocycles. The number of esters is 1. The molecule has 218 valence electrons. The van der Waals surface area contributed by atoms with Crippen molar-refractivity contribution in [1.29, 1.82) is 5.26 Å². The van der Waals surface area contributed by atoms with Crippen molar-refractivity contribution in [2.24, 2.45) is 11.3 Å². The van der Waals surface area contributed by atoms with Gasteiger partial charge in [0.2, 0.25) is 0 Å². The second-order valence-corrected chi connectivity index (χ2v) is 13.3. The van der Waals surface area contributed by atoms with Crippen LogP contribution in [-0.4, -0.2) is 28.5 Å². The minimum absolute atomic E-state index is 0.0254. The quantitative estimate of drug-likeness (QED) is 0.308. The lowest BCUT2D eigenvalue weighted by atomic mass is 9.69. The van der Waals surface area contributed by atoms with Crippen molar-refractivity contribution in [3.05, 3.63) is 75.9 Å². The highest BCUT2D eigenvalue weighted by Crippen LogP contribution is 2.45. The zero-order valence-electron chi connectivity index (χ0n) is 24.8. The van der Waals surface area contributed by atoms with Crippen molar-refractivity contribution < 1.29 is 14.3 Å². The van der Waals surface area contributed by atoms with Crippen molar-refractivity contribution in [3.8, 4) is 6.07 Å². The van der Waals surface area contributed by atoms with Gasteiger partial charge in [-0.05, 0) is 84.9 Å². The molecule has 2 aromatic carbocycles. The SMILES string of the molecule is C[C@H](OC(=O)c1c2c(nc3ccccc13)/C(=C\c1ccc(Cl)cc1)C[C@@H](C(C)(C)C)C2)C(=O)NC1(C#N)CCCCC1. The molecule has 6 nitrogen and oxygen atoms in total. The normalized spacial score (nSPS) is 19.9. The lowest BCUT2D eigenvalue weighted by Crippen LogP contribution is -2.52. The first-order chi connectivity index (χ1) is 20.0. The minimum atomic E-state index is -1.06. The molecule has 5 rings (SSSR count). The number of benzene rings is 2. The molecule has 7 heteroatoms. The maximum Gasteiger partial charge on any atom is 0.339 e. The van der Waals surface area contributed by atoms with Crippen LogP contribution in [0.25, 0.3) is 22.6 Å². The van der Waals surface area contributed by atoms with Gasteiger partial charge in [-0.15, -0.1) is 0 Å². The number of aromatic nitrogens is 1. The van der Waals surface area contributed by atoms with E-state index in [0.29, 0.717) is 40.8 Å². The molecule has 0 spiro atoms. The summed E-state index contributed by atoms with van der Waals surface area (Å²) in [4.78, 5) is 32.3. The lowest BCUT2D eigenvalue weighted by molar-refractivity contribution is -0.130. The van der Waals surface area contributed by atoms with Crippen molar-refractivity contribution in [3.63, 3.8) is 0 Å². The third-order valence-electron chi connectivity index (χ3n) is 8.79. The van der Waals surface area contributed by atoms with Crippen molar-refractivity contribution in [2.75, 3.05) is 0 Å². The summed E-state index contributed by atoms with van der Waals surface area (Å²) in [5.41, 5.74) is 3.92. The summed E-state index contributed by atoms with van der Waals surface area (Å²) in [6.07, 6.45) is 6.59. The Balaban J connectivity index is 1.55. The average Bonchev–Trinajstić information content (AvgIpc) is 2.97. The van der Waals surface area contributed by atoms with Gasteiger partial charge in [-0.3, -0.25) is 4.79 Å². The molecule has 0 unspecified atom stereocenters. The third-order valence-corrected chi connectivity index (χ3v) is 9.04. The summed E-state index contributed by atoms with van der Waals surface area (Å²) in [6.45, 7) is 8.23. The van der Waals surface area contributed by atoms with Crippen LogP contribution in [0, 0.1) is 22.7 Å². The van der Waals surface area contributed by atoms with Gasteiger partial charge in [-0.25, -0.2) is 9.78 Å². The van der Waals surface area contributed by atoms with Gasteiger partial charge in [0.25, 0.3) is 5.91 Å². The molecule has 42 heavy (non-hydrogen) atoms. The number of nitriles is 1. The van der Waals surface area contributed by atoms with Crippen molar-refractivity contribution >= 4 is 46.0 Å². The van der Waals surface area contributed by atoms with Crippen LogP contribution in [-0.2, 0) is 16.0 Å². The fourth-order valence-corrected chi connectivity index (χ4v) is 6.29. The summed E-state index contributed by atoms with van der Waals surface area (Å²) >= 11 is 6.14. The van der Waals surface area contributed by atoms with E-state index in [1.165, 1.54) is 0 Å². The lowest BCUT2D eigenvalue weighted by Gasteiger charge is -2.37. The molecule has 0 radical (unpaired) electrons. The van der Waals surface area contributed by atoms with Crippen LogP contribution >= 0.6 is 11.6 Å². The average molecular weight is 584 g/mol. The van der Waals surface area contributed by atoms with Crippen LogP contribution in [0.1, 0.15) is 93.4 Å². The fraction of sp³-hybridized carbons (Fsp3) is 0.429. The first-order valence-electron chi connectivity index (χ1n) is 14.8. The Morgan fingerprint density at radius 1 is 1.10 bits per heavy atom. The van der Waals surface area contributed by atoms with Crippen LogP contribution in [0.2, 0.25) is 5.02 Å². The van der Waals surface area contributed by atoms with Gasteiger partial charge in [-0.1, -0.05) is 82.0 Å². The van der Waals surface area contributed by atoms with Gasteiger partial charge in [0.05, 0.1) is 22.8 Å². The molecule has 1 N–H and O–H groups in total. The monoisotopic (exact) mass is 583 g/mol. The van der Waals surface area contributed by atoms with Crippen LogP contribution in [0.5, 0.6) is 0 Å². The van der Waals surface area contributed by atoms with Gasteiger partial charge in [0, 0.05) is 10.4 Å². The molecule has 2 atom stereocenters. The molecular formula is C35H38ClN3O3. The molecular weight excluding hydrogens is 546 g/mol. The molecule has 2 aliphatic carbocycles. The number of para-hydroxylation sites is 1. The van der Waals surface area contributed by atoms with E-state index in [1.54, 1.807) is 6.92 Å². The Labute approximate surface area is 253 Å². The Morgan fingerprint density at radius 2 is 1.79 bits per heavy atom. The predicted molar refractivity (Wildman–Crippen MR) is 167 cm³/mol. The van der Waals surface area contributed by atoms with E-state index in [-0.39, 0.29) is 11.3 Å². The molecule has 1 fully saturated rings. The highest BCUT2D eigenvalue weighted by atomic mass is 35.5. The Hall–Kier alpha value is -3.69. The second kappa shape index (κ2) is 11.9. The maximum atomic E-state index is 14.0. The van der Waals surface area contributed by atoms with Gasteiger partial charge < -0.3 is 10.1 Å². The van der Waals surface area contributed by atoms with Crippen LogP contribution in [0.3, 0.4) is 0 Å². The molecule has 1 saturated carbocycles. The van der Waals surface area contributed by atoms with Crippen LogP contribution < -0.4 is 5.32 Å². The van der Waals surface area contributed by atoms with Crippen molar-refractivity contribution in [1.82, 2.24) is 10.3 Å². The largest absolute Gasteiger partial charge is 0.449 e. The van der Waals surface area contributed by atoms with E-state index in [4.69, 9.17) is 21.3 Å². The predicted octanol–water partition coefficient (Wildman–Crippen LogP) is 7.93. The first-order valence-corrected chi connectivity index (χ1v) is 15.2.